The maximum absolute atomic E-state index is 12.6. The third-order valence-electron chi connectivity index (χ3n) is 5.83. The lowest BCUT2D eigenvalue weighted by Crippen LogP contribution is -2.50. The number of amides is 3. The minimum Gasteiger partial charge on any atom is -0.492 e. The molecule has 0 saturated carbocycles. The number of ether oxygens (including phenoxy) is 1. The van der Waals surface area contributed by atoms with Crippen LogP contribution in [0.25, 0.3) is 0 Å². The second-order valence-electron chi connectivity index (χ2n) is 8.04. The first kappa shape index (κ1) is 21.2. The maximum Gasteiger partial charge on any atom is 0.321 e. The predicted octanol–water partition coefficient (Wildman–Crippen LogP) is 3.04. The number of rotatable bonds is 7. The number of likely N-dealkylation sites (tertiary alicyclic amines) is 1. The molecule has 164 valence electrons. The number of nitrogens with one attached hydrogen (secondary N) is 1. The number of nitrogens with zero attached hydrogens (tertiary/aromatic N) is 3. The molecule has 2 saturated heterocycles. The average molecular weight is 423 g/mol. The van der Waals surface area contributed by atoms with Crippen LogP contribution in [0.1, 0.15) is 18.4 Å². The highest BCUT2D eigenvalue weighted by atomic mass is 16.5. The highest BCUT2D eigenvalue weighted by Crippen LogP contribution is 2.17. The van der Waals surface area contributed by atoms with Gasteiger partial charge in [0.2, 0.25) is 5.91 Å². The molecule has 2 heterocycles. The summed E-state index contributed by atoms with van der Waals surface area (Å²) in [6, 6.07) is 17.5. The van der Waals surface area contributed by atoms with Gasteiger partial charge in [-0.2, -0.15) is 0 Å². The van der Waals surface area contributed by atoms with E-state index in [4.69, 9.17) is 4.74 Å². The monoisotopic (exact) mass is 422 g/mol. The first-order chi connectivity index (χ1) is 15.2. The molecule has 0 bridgehead atoms. The van der Waals surface area contributed by atoms with Crippen LogP contribution in [0.3, 0.4) is 0 Å². The van der Waals surface area contributed by atoms with Crippen molar-refractivity contribution in [1.29, 1.82) is 0 Å². The summed E-state index contributed by atoms with van der Waals surface area (Å²) in [5.41, 5.74) is 1.86. The molecule has 2 fully saturated rings. The first-order valence-electron chi connectivity index (χ1n) is 11.0. The van der Waals surface area contributed by atoms with Gasteiger partial charge in [-0.05, 0) is 36.2 Å². The molecular weight excluding hydrogens is 392 g/mol. The third-order valence-corrected chi connectivity index (χ3v) is 5.83. The van der Waals surface area contributed by atoms with E-state index in [9.17, 15) is 9.59 Å². The Hall–Kier alpha value is -3.06. The molecule has 0 aliphatic carbocycles. The second-order valence-corrected chi connectivity index (χ2v) is 8.04. The molecule has 4 rings (SSSR count). The fraction of sp³-hybridized carbons (Fsp3) is 0.417. The van der Waals surface area contributed by atoms with Gasteiger partial charge in [-0.15, -0.1) is 0 Å². The van der Waals surface area contributed by atoms with Gasteiger partial charge in [0.25, 0.3) is 0 Å². The number of urea groups is 1. The lowest BCUT2D eigenvalue weighted by Gasteiger charge is -2.34. The zero-order valence-corrected chi connectivity index (χ0v) is 17.8. The molecule has 2 aromatic carbocycles. The average Bonchev–Trinajstić information content (AvgIpc) is 3.20. The molecule has 0 spiro atoms. The van der Waals surface area contributed by atoms with Crippen molar-refractivity contribution in [3.8, 4) is 5.75 Å². The summed E-state index contributed by atoms with van der Waals surface area (Å²) in [7, 11) is 0. The Morgan fingerprint density at radius 1 is 0.935 bits per heavy atom. The van der Waals surface area contributed by atoms with Crippen molar-refractivity contribution in [2.24, 2.45) is 0 Å². The van der Waals surface area contributed by atoms with Crippen molar-refractivity contribution in [2.45, 2.75) is 19.4 Å². The lowest BCUT2D eigenvalue weighted by molar-refractivity contribution is -0.128. The Morgan fingerprint density at radius 3 is 2.35 bits per heavy atom. The van der Waals surface area contributed by atoms with Gasteiger partial charge in [-0.25, -0.2) is 4.79 Å². The molecule has 0 unspecified atom stereocenters. The number of hydrogen-bond acceptors (Lipinski definition) is 4. The summed E-state index contributed by atoms with van der Waals surface area (Å²) in [6.07, 6.45) is 1.60. The number of anilines is 1. The van der Waals surface area contributed by atoms with Gasteiger partial charge in [-0.3, -0.25) is 9.69 Å². The van der Waals surface area contributed by atoms with E-state index in [0.717, 1.165) is 49.6 Å². The van der Waals surface area contributed by atoms with Crippen molar-refractivity contribution in [1.82, 2.24) is 14.7 Å². The smallest absolute Gasteiger partial charge is 0.321 e. The molecule has 3 amide bonds. The van der Waals surface area contributed by atoms with E-state index in [1.807, 2.05) is 64.4 Å². The molecule has 2 aliphatic heterocycles. The molecule has 0 radical (unpaired) electrons. The van der Waals surface area contributed by atoms with E-state index >= 15 is 0 Å². The molecule has 0 aromatic heterocycles. The molecule has 2 aliphatic rings. The highest BCUT2D eigenvalue weighted by molar-refractivity contribution is 5.89. The fourth-order valence-electron chi connectivity index (χ4n) is 3.97. The highest BCUT2D eigenvalue weighted by Gasteiger charge is 2.22. The van der Waals surface area contributed by atoms with Crippen LogP contribution >= 0.6 is 0 Å². The predicted molar refractivity (Wildman–Crippen MR) is 120 cm³/mol. The summed E-state index contributed by atoms with van der Waals surface area (Å²) in [6.45, 7) is 6.06. The van der Waals surface area contributed by atoms with Crippen LogP contribution in [0.15, 0.2) is 54.6 Å². The summed E-state index contributed by atoms with van der Waals surface area (Å²) >= 11 is 0. The number of benzene rings is 2. The van der Waals surface area contributed by atoms with Gasteiger partial charge >= 0.3 is 6.03 Å². The van der Waals surface area contributed by atoms with E-state index in [1.54, 1.807) is 0 Å². The van der Waals surface area contributed by atoms with E-state index in [0.29, 0.717) is 32.7 Å². The summed E-state index contributed by atoms with van der Waals surface area (Å²) in [5, 5.41) is 2.98. The fourth-order valence-corrected chi connectivity index (χ4v) is 3.97. The molecular formula is C24H30N4O3. The minimum absolute atomic E-state index is 0.0670. The normalized spacial score (nSPS) is 17.1. The standard InChI is InChI=1S/C24H30N4O3/c29-23-7-4-12-28(23)19-20-8-10-21(11-9-20)25-24(30)27-15-13-26(14-16-27)17-18-31-22-5-2-1-3-6-22/h1-3,5-6,8-11H,4,7,12-19H2,(H,25,30). The van der Waals surface area contributed by atoms with Crippen molar-refractivity contribution in [3.63, 3.8) is 0 Å². The molecule has 31 heavy (non-hydrogen) atoms. The van der Waals surface area contributed by atoms with Crippen LogP contribution in [0.5, 0.6) is 5.75 Å². The minimum atomic E-state index is -0.0670. The van der Waals surface area contributed by atoms with E-state index in [-0.39, 0.29) is 11.9 Å². The third kappa shape index (κ3) is 5.98. The molecule has 2 aromatic rings. The van der Waals surface area contributed by atoms with Crippen LogP contribution in [0, 0.1) is 0 Å². The molecule has 7 heteroatoms. The summed E-state index contributed by atoms with van der Waals surface area (Å²) in [4.78, 5) is 30.4. The largest absolute Gasteiger partial charge is 0.492 e. The Morgan fingerprint density at radius 2 is 1.68 bits per heavy atom. The van der Waals surface area contributed by atoms with Crippen molar-refractivity contribution < 1.29 is 14.3 Å². The second kappa shape index (κ2) is 10.3. The Kier molecular flexibility index (Phi) is 7.04. The van der Waals surface area contributed by atoms with Gasteiger partial charge in [0.1, 0.15) is 12.4 Å². The zero-order chi connectivity index (χ0) is 21.5. The number of para-hydroxylation sites is 1. The maximum atomic E-state index is 12.6. The van der Waals surface area contributed by atoms with Crippen LogP contribution in [0.2, 0.25) is 0 Å². The van der Waals surface area contributed by atoms with E-state index in [2.05, 4.69) is 10.2 Å². The van der Waals surface area contributed by atoms with Crippen molar-refractivity contribution >= 4 is 17.6 Å². The number of carbonyl (C=O) groups excluding carboxylic acids is 2. The zero-order valence-electron chi connectivity index (χ0n) is 17.8. The van der Waals surface area contributed by atoms with Gasteiger partial charge in [0.05, 0.1) is 0 Å². The first-order valence-corrected chi connectivity index (χ1v) is 11.0. The summed E-state index contributed by atoms with van der Waals surface area (Å²) < 4.78 is 5.76. The molecule has 0 atom stereocenters. The van der Waals surface area contributed by atoms with Gasteiger partial charge in [0, 0.05) is 57.9 Å². The molecule has 7 nitrogen and oxygen atoms in total. The quantitative estimate of drug-likeness (QED) is 0.745. The van der Waals surface area contributed by atoms with Crippen LogP contribution in [-0.2, 0) is 11.3 Å². The topological polar surface area (TPSA) is 65.1 Å². The summed E-state index contributed by atoms with van der Waals surface area (Å²) in [5.74, 6) is 1.11. The van der Waals surface area contributed by atoms with E-state index in [1.165, 1.54) is 0 Å². The Balaban J connectivity index is 1.17. The van der Waals surface area contributed by atoms with E-state index < -0.39 is 0 Å². The molecule has 1 N–H and O–H groups in total. The number of hydrogen-bond donors (Lipinski definition) is 1. The van der Waals surface area contributed by atoms with Crippen molar-refractivity contribution in [2.75, 3.05) is 51.2 Å². The van der Waals surface area contributed by atoms with Crippen molar-refractivity contribution in [3.05, 3.63) is 60.2 Å². The number of carbonyl (C=O) groups is 2. The van der Waals surface area contributed by atoms with Gasteiger partial charge < -0.3 is 19.9 Å². The SMILES string of the molecule is O=C1CCCN1Cc1ccc(NC(=O)N2CCN(CCOc3ccccc3)CC2)cc1. The van der Waals surface area contributed by atoms with Crippen LogP contribution in [0.4, 0.5) is 10.5 Å². The lowest BCUT2D eigenvalue weighted by atomic mass is 10.2. The van der Waals surface area contributed by atoms with Gasteiger partial charge in [0.15, 0.2) is 0 Å². The van der Waals surface area contributed by atoms with Gasteiger partial charge in [-0.1, -0.05) is 30.3 Å². The Bertz CT molecular complexity index is 864. The Labute approximate surface area is 183 Å². The number of piperazine rings is 1. The van der Waals surface area contributed by atoms with Crippen LogP contribution < -0.4 is 10.1 Å². The van der Waals surface area contributed by atoms with Crippen LogP contribution in [-0.4, -0.2) is 72.5 Å².